The number of nitrogens with one attached hydrogen (secondary N) is 1. The summed E-state index contributed by atoms with van der Waals surface area (Å²) < 4.78 is 30.9. The summed E-state index contributed by atoms with van der Waals surface area (Å²) >= 11 is 0. The van der Waals surface area contributed by atoms with E-state index in [-0.39, 0.29) is 6.10 Å². The summed E-state index contributed by atoms with van der Waals surface area (Å²) in [5, 5.41) is 0. The first-order chi connectivity index (χ1) is 7.08. The van der Waals surface area contributed by atoms with Crippen molar-refractivity contribution in [3.63, 3.8) is 0 Å². The van der Waals surface area contributed by atoms with Gasteiger partial charge in [-0.25, -0.2) is 13.1 Å². The minimum absolute atomic E-state index is 0.0604. The van der Waals surface area contributed by atoms with Gasteiger partial charge in [0.1, 0.15) is 0 Å². The normalized spacial score (nSPS) is 20.2. The molecule has 82 valence electrons. The summed E-state index contributed by atoms with van der Waals surface area (Å²) in [6.07, 6.45) is 0.0604. The molecule has 0 aromatic heterocycles. The second-order valence-corrected chi connectivity index (χ2v) is 5.39. The van der Waals surface area contributed by atoms with E-state index in [1.807, 2.05) is 6.92 Å². The zero-order chi connectivity index (χ0) is 10.9. The van der Waals surface area contributed by atoms with E-state index >= 15 is 0 Å². The minimum Gasteiger partial charge on any atom is -0.372 e. The Hall–Kier alpha value is -0.910. The van der Waals surface area contributed by atoms with Crippen molar-refractivity contribution >= 4 is 10.0 Å². The molecule has 2 rings (SSSR count). The van der Waals surface area contributed by atoms with E-state index in [4.69, 9.17) is 4.74 Å². The highest BCUT2D eigenvalue weighted by atomic mass is 32.2. The highest BCUT2D eigenvalue weighted by molar-refractivity contribution is 7.89. The van der Waals surface area contributed by atoms with Crippen molar-refractivity contribution < 1.29 is 13.2 Å². The lowest BCUT2D eigenvalue weighted by molar-refractivity contribution is 0.406. The molecule has 1 atom stereocenters. The highest BCUT2D eigenvalue weighted by Gasteiger charge is 2.25. The Morgan fingerprint density at radius 1 is 1.40 bits per heavy atom. The van der Waals surface area contributed by atoms with E-state index in [0.717, 1.165) is 5.56 Å². The Balaban J connectivity index is 2.09. The van der Waals surface area contributed by atoms with Crippen LogP contribution in [0.5, 0.6) is 0 Å². The third-order valence-corrected chi connectivity index (χ3v) is 3.67. The smallest absolute Gasteiger partial charge is 0.240 e. The Kier molecular flexibility index (Phi) is 2.77. The SMILES string of the molecule is Cc1ccc(S(=O)(=O)NC[C@@H]2CO2)cc1. The van der Waals surface area contributed by atoms with Crippen LogP contribution in [-0.4, -0.2) is 27.7 Å². The zero-order valence-electron chi connectivity index (χ0n) is 8.43. The van der Waals surface area contributed by atoms with E-state index in [0.29, 0.717) is 18.0 Å². The quantitative estimate of drug-likeness (QED) is 0.769. The Morgan fingerprint density at radius 2 is 2.00 bits per heavy atom. The van der Waals surface area contributed by atoms with Crippen LogP contribution in [0.4, 0.5) is 0 Å². The predicted molar refractivity (Wildman–Crippen MR) is 56.1 cm³/mol. The number of hydrogen-bond acceptors (Lipinski definition) is 3. The van der Waals surface area contributed by atoms with Crippen LogP contribution < -0.4 is 4.72 Å². The van der Waals surface area contributed by atoms with E-state index in [1.54, 1.807) is 24.3 Å². The van der Waals surface area contributed by atoms with E-state index in [1.165, 1.54) is 0 Å². The third-order valence-electron chi connectivity index (χ3n) is 2.23. The average Bonchev–Trinajstić information content (AvgIpc) is 2.99. The van der Waals surface area contributed by atoms with Gasteiger partial charge in [-0.1, -0.05) is 17.7 Å². The Labute approximate surface area is 89.3 Å². The lowest BCUT2D eigenvalue weighted by Gasteiger charge is -2.05. The van der Waals surface area contributed by atoms with Crippen LogP contribution in [0.15, 0.2) is 29.2 Å². The van der Waals surface area contributed by atoms with Crippen LogP contribution >= 0.6 is 0 Å². The molecule has 5 heteroatoms. The molecular weight excluding hydrogens is 214 g/mol. The first kappa shape index (κ1) is 10.6. The molecule has 0 saturated carbocycles. The Morgan fingerprint density at radius 3 is 2.53 bits per heavy atom. The second kappa shape index (κ2) is 3.92. The topological polar surface area (TPSA) is 58.7 Å². The molecule has 1 N–H and O–H groups in total. The number of benzene rings is 1. The average molecular weight is 227 g/mol. The fourth-order valence-electron chi connectivity index (χ4n) is 1.19. The summed E-state index contributed by atoms with van der Waals surface area (Å²) in [6, 6.07) is 6.77. The molecule has 4 nitrogen and oxygen atoms in total. The van der Waals surface area contributed by atoms with Crippen LogP contribution in [0.3, 0.4) is 0 Å². The first-order valence-electron chi connectivity index (χ1n) is 4.76. The van der Waals surface area contributed by atoms with Crippen molar-refractivity contribution in [3.05, 3.63) is 29.8 Å². The largest absolute Gasteiger partial charge is 0.372 e. The van der Waals surface area contributed by atoms with Crippen LogP contribution in [0, 0.1) is 6.92 Å². The minimum atomic E-state index is -3.36. The molecule has 15 heavy (non-hydrogen) atoms. The van der Waals surface area contributed by atoms with Gasteiger partial charge in [-0.2, -0.15) is 0 Å². The molecule has 0 aliphatic carbocycles. The van der Waals surface area contributed by atoms with Gasteiger partial charge in [-0.3, -0.25) is 0 Å². The lowest BCUT2D eigenvalue weighted by atomic mass is 10.2. The molecular formula is C10H13NO3S. The van der Waals surface area contributed by atoms with E-state index in [2.05, 4.69) is 4.72 Å². The van der Waals surface area contributed by atoms with Gasteiger partial charge in [-0.15, -0.1) is 0 Å². The van der Waals surface area contributed by atoms with Crippen molar-refractivity contribution in [2.45, 2.75) is 17.9 Å². The summed E-state index contributed by atoms with van der Waals surface area (Å²) in [5.74, 6) is 0. The molecule has 0 unspecified atom stereocenters. The van der Waals surface area contributed by atoms with E-state index in [9.17, 15) is 8.42 Å². The Bertz CT molecular complexity index is 434. The van der Waals surface area contributed by atoms with Crippen molar-refractivity contribution in [3.8, 4) is 0 Å². The maximum Gasteiger partial charge on any atom is 0.240 e. The summed E-state index contributed by atoms with van der Waals surface area (Å²) in [7, 11) is -3.36. The molecule has 1 aromatic carbocycles. The number of aryl methyl sites for hydroxylation is 1. The number of epoxide rings is 1. The van der Waals surface area contributed by atoms with Gasteiger partial charge in [0, 0.05) is 6.54 Å². The lowest BCUT2D eigenvalue weighted by Crippen LogP contribution is -2.27. The predicted octanol–water partition coefficient (Wildman–Crippen LogP) is 0.672. The third kappa shape index (κ3) is 2.77. The molecule has 1 heterocycles. The molecule has 0 bridgehead atoms. The highest BCUT2D eigenvalue weighted by Crippen LogP contribution is 2.12. The van der Waals surface area contributed by atoms with Gasteiger partial charge in [0.15, 0.2) is 0 Å². The molecule has 1 fully saturated rings. The van der Waals surface area contributed by atoms with Gasteiger partial charge in [0.25, 0.3) is 0 Å². The fourth-order valence-corrected chi connectivity index (χ4v) is 2.26. The monoisotopic (exact) mass is 227 g/mol. The van der Waals surface area contributed by atoms with Crippen LogP contribution in [0.2, 0.25) is 0 Å². The number of ether oxygens (including phenoxy) is 1. The molecule has 0 spiro atoms. The molecule has 1 aliphatic rings. The summed E-state index contributed by atoms with van der Waals surface area (Å²) in [6.45, 7) is 2.93. The number of sulfonamides is 1. The van der Waals surface area contributed by atoms with Crippen molar-refractivity contribution in [1.29, 1.82) is 0 Å². The molecule has 1 aliphatic heterocycles. The van der Waals surface area contributed by atoms with Crippen molar-refractivity contribution in [2.75, 3.05) is 13.2 Å². The van der Waals surface area contributed by atoms with Crippen LogP contribution in [0.1, 0.15) is 5.56 Å². The number of rotatable bonds is 4. The van der Waals surface area contributed by atoms with Crippen LogP contribution in [0.25, 0.3) is 0 Å². The van der Waals surface area contributed by atoms with E-state index < -0.39 is 10.0 Å². The number of hydrogen-bond donors (Lipinski definition) is 1. The summed E-state index contributed by atoms with van der Waals surface area (Å²) in [4.78, 5) is 0.300. The van der Waals surface area contributed by atoms with Gasteiger partial charge in [0.05, 0.1) is 17.6 Å². The maximum atomic E-state index is 11.7. The first-order valence-corrected chi connectivity index (χ1v) is 6.24. The molecule has 1 saturated heterocycles. The fraction of sp³-hybridized carbons (Fsp3) is 0.400. The molecule has 0 amide bonds. The molecule has 1 aromatic rings. The van der Waals surface area contributed by atoms with Gasteiger partial charge < -0.3 is 4.74 Å². The second-order valence-electron chi connectivity index (χ2n) is 3.62. The summed E-state index contributed by atoms with van der Waals surface area (Å²) in [5.41, 5.74) is 1.04. The van der Waals surface area contributed by atoms with Crippen LogP contribution in [-0.2, 0) is 14.8 Å². The zero-order valence-corrected chi connectivity index (χ0v) is 9.25. The van der Waals surface area contributed by atoms with Gasteiger partial charge >= 0.3 is 0 Å². The molecule has 0 radical (unpaired) electrons. The van der Waals surface area contributed by atoms with Crippen molar-refractivity contribution in [2.24, 2.45) is 0 Å². The van der Waals surface area contributed by atoms with Crippen molar-refractivity contribution in [1.82, 2.24) is 4.72 Å². The standard InChI is InChI=1S/C10H13NO3S/c1-8-2-4-10(5-3-8)15(12,13)11-6-9-7-14-9/h2-5,9,11H,6-7H2,1H3/t9-/m1/s1. The van der Waals surface area contributed by atoms with Gasteiger partial charge in [0.2, 0.25) is 10.0 Å². The van der Waals surface area contributed by atoms with Gasteiger partial charge in [-0.05, 0) is 19.1 Å². The maximum absolute atomic E-state index is 11.7.